The molecule has 0 amide bonds. The molecule has 3 aromatic carbocycles. The van der Waals surface area contributed by atoms with E-state index in [1.54, 1.807) is 0 Å². The number of rotatable bonds is 10. The molecule has 0 unspecified atom stereocenters. The Hall–Kier alpha value is -3.31. The van der Waals surface area contributed by atoms with E-state index in [0.717, 1.165) is 54.3 Å². The van der Waals surface area contributed by atoms with Gasteiger partial charge in [0.05, 0.1) is 6.26 Å². The van der Waals surface area contributed by atoms with Crippen LogP contribution in [0.3, 0.4) is 0 Å². The average Bonchev–Trinajstić information content (AvgIpc) is 3.68. The van der Waals surface area contributed by atoms with Gasteiger partial charge in [-0.1, -0.05) is 105 Å². The first-order valence-corrected chi connectivity index (χ1v) is 19.5. The molecule has 0 saturated heterocycles. The molecule has 0 saturated carbocycles. The molecule has 4 nitrogen and oxygen atoms in total. The number of aliphatic hydroxyl groups excluding tert-OH is 1. The van der Waals surface area contributed by atoms with Gasteiger partial charge in [-0.15, -0.1) is 40.5 Å². The van der Waals surface area contributed by atoms with Crippen LogP contribution in [-0.2, 0) is 36.7 Å². The summed E-state index contributed by atoms with van der Waals surface area (Å²) in [5.74, 6) is 0.879. The van der Waals surface area contributed by atoms with Crippen LogP contribution in [0.2, 0.25) is 0 Å². The smallest absolute Gasteiger partial charge is 0.164 e. The number of aliphatic hydroxyl groups is 1. The first-order valence-electron chi connectivity index (χ1n) is 18.7. The molecule has 1 N–H and O–H groups in total. The van der Waals surface area contributed by atoms with Gasteiger partial charge >= 0.3 is 0 Å². The molecule has 3 aromatic heterocycles. The van der Waals surface area contributed by atoms with Crippen molar-refractivity contribution >= 4 is 59.0 Å². The summed E-state index contributed by atoms with van der Waals surface area (Å²) in [6.45, 7) is 23.4. The monoisotopic (exact) mass is 895 g/mol. The van der Waals surface area contributed by atoms with Crippen LogP contribution in [0, 0.1) is 22.8 Å². The maximum absolute atomic E-state index is 12.2. The van der Waals surface area contributed by atoms with Gasteiger partial charge < -0.3 is 9.52 Å². The van der Waals surface area contributed by atoms with E-state index in [4.69, 9.17) is 9.40 Å². The molecule has 0 aliphatic heterocycles. The van der Waals surface area contributed by atoms with Crippen LogP contribution in [0.15, 0.2) is 77.2 Å². The maximum atomic E-state index is 12.2. The molecule has 6 aromatic rings. The van der Waals surface area contributed by atoms with Gasteiger partial charge in [0.1, 0.15) is 11.3 Å². The SMILES string of the molecule is CC(C)Cc1coc2cc3c(cc12)sc1c(-c2[c-]c4ccccc4c(C(C)(C)C)c2)nccc13.CCC(C)(CC)C(=O)/C=C(\O)C(C)(CC)CC.[Ir]. The summed E-state index contributed by atoms with van der Waals surface area (Å²) in [4.78, 5) is 17.1. The van der Waals surface area contributed by atoms with E-state index in [2.05, 4.69) is 89.2 Å². The number of carbonyl (C=O) groups is 1. The van der Waals surface area contributed by atoms with Gasteiger partial charge in [0, 0.05) is 69.1 Å². The van der Waals surface area contributed by atoms with E-state index in [9.17, 15) is 9.90 Å². The predicted molar refractivity (Wildman–Crippen MR) is 219 cm³/mol. The van der Waals surface area contributed by atoms with E-state index in [1.165, 1.54) is 48.1 Å². The van der Waals surface area contributed by atoms with Gasteiger partial charge in [-0.05, 0) is 72.6 Å². The molecule has 0 bridgehead atoms. The summed E-state index contributed by atoms with van der Waals surface area (Å²) in [5, 5.41) is 16.2. The van der Waals surface area contributed by atoms with Crippen LogP contribution >= 0.6 is 11.3 Å². The van der Waals surface area contributed by atoms with Crippen LogP contribution < -0.4 is 0 Å². The Balaban J connectivity index is 0.000000289. The molecule has 0 aliphatic carbocycles. The standard InChI is InChI=1S/C31H28NOS.C15H28O2.Ir/c1-18(2)12-21-17-33-27-15-25-23-10-11-32-29(30(23)34-28(25)16-24(21)27)20-13-19-8-6-7-9-22(19)26(14-20)31(3,4)5;1-7-14(5,8-2)12(16)11-13(17)15(6,9-3)10-4;/h6-11,14-18H,12H2,1-5H3;11,16H,7-10H2,1-6H3;/q-1;;/b;12-11-;. The topological polar surface area (TPSA) is 63.3 Å². The fraction of sp³-hybridized carbons (Fsp3) is 0.435. The summed E-state index contributed by atoms with van der Waals surface area (Å²) in [7, 11) is 0. The number of carbonyl (C=O) groups excluding carboxylic acids is 1. The zero-order valence-electron chi connectivity index (χ0n) is 32.9. The van der Waals surface area contributed by atoms with Gasteiger partial charge in [-0.25, -0.2) is 0 Å². The van der Waals surface area contributed by atoms with Crippen molar-refractivity contribution in [2.75, 3.05) is 0 Å². The van der Waals surface area contributed by atoms with E-state index in [0.29, 0.717) is 5.92 Å². The molecule has 3 heterocycles. The van der Waals surface area contributed by atoms with E-state index in [1.807, 2.05) is 65.3 Å². The first-order chi connectivity index (χ1) is 24.1. The molecule has 0 fully saturated rings. The van der Waals surface area contributed by atoms with Crippen LogP contribution in [-0.4, -0.2) is 15.9 Å². The quantitative estimate of drug-likeness (QED) is 0.0845. The third kappa shape index (κ3) is 8.25. The summed E-state index contributed by atoms with van der Waals surface area (Å²) in [5.41, 5.74) is 5.07. The Morgan fingerprint density at radius 1 is 0.885 bits per heavy atom. The van der Waals surface area contributed by atoms with Gasteiger partial charge in [-0.3, -0.25) is 9.78 Å². The minimum absolute atomic E-state index is 0. The number of fused-ring (bicyclic) bond motifs is 5. The number of benzene rings is 3. The third-order valence-electron chi connectivity index (χ3n) is 11.2. The second-order valence-electron chi connectivity index (χ2n) is 16.2. The summed E-state index contributed by atoms with van der Waals surface area (Å²) in [6.07, 6.45) is 9.64. The number of allylic oxidation sites excluding steroid dienone is 2. The van der Waals surface area contributed by atoms with Crippen LogP contribution in [0.5, 0.6) is 0 Å². The van der Waals surface area contributed by atoms with Crippen molar-refractivity contribution < 1.29 is 34.4 Å². The van der Waals surface area contributed by atoms with Gasteiger partial charge in [-0.2, -0.15) is 0 Å². The number of hydrogen-bond acceptors (Lipinski definition) is 5. The summed E-state index contributed by atoms with van der Waals surface area (Å²) in [6, 6.07) is 21.2. The number of ketones is 1. The second kappa shape index (κ2) is 16.4. The average molecular weight is 895 g/mol. The number of hydrogen-bond donors (Lipinski definition) is 1. The largest absolute Gasteiger partial charge is 0.512 e. The zero-order chi connectivity index (χ0) is 37.3. The number of pyridine rings is 1. The van der Waals surface area contributed by atoms with Crippen molar-refractivity contribution in [2.24, 2.45) is 16.7 Å². The van der Waals surface area contributed by atoms with Crippen molar-refractivity contribution in [2.45, 2.75) is 114 Å². The number of thiophene rings is 1. The van der Waals surface area contributed by atoms with Crippen LogP contribution in [0.25, 0.3) is 53.2 Å². The Kier molecular flexibility index (Phi) is 13.0. The van der Waals surface area contributed by atoms with Crippen molar-refractivity contribution in [3.63, 3.8) is 0 Å². The number of nitrogens with zero attached hydrogens (tertiary/aromatic N) is 1. The molecule has 0 spiro atoms. The molecule has 1 radical (unpaired) electrons. The maximum Gasteiger partial charge on any atom is 0.164 e. The van der Waals surface area contributed by atoms with E-state index < -0.39 is 0 Å². The van der Waals surface area contributed by atoms with Crippen molar-refractivity contribution in [3.05, 3.63) is 90.0 Å². The van der Waals surface area contributed by atoms with Crippen LogP contribution in [0.1, 0.15) is 113 Å². The second-order valence-corrected chi connectivity index (χ2v) is 17.2. The Bertz CT molecular complexity index is 2210. The van der Waals surface area contributed by atoms with E-state index in [-0.39, 0.29) is 47.9 Å². The summed E-state index contributed by atoms with van der Waals surface area (Å²) >= 11 is 1.82. The molecule has 6 rings (SSSR count). The van der Waals surface area contributed by atoms with Crippen molar-refractivity contribution in [3.8, 4) is 11.3 Å². The van der Waals surface area contributed by atoms with E-state index >= 15 is 0 Å². The molecule has 0 atom stereocenters. The van der Waals surface area contributed by atoms with Crippen LogP contribution in [0.4, 0.5) is 0 Å². The van der Waals surface area contributed by atoms with Gasteiger partial charge in [0.15, 0.2) is 5.78 Å². The zero-order valence-corrected chi connectivity index (χ0v) is 36.1. The number of furan rings is 1. The molecular formula is C46H56IrNO3S-. The Morgan fingerprint density at radius 2 is 1.54 bits per heavy atom. The van der Waals surface area contributed by atoms with Gasteiger partial charge in [0.2, 0.25) is 0 Å². The Morgan fingerprint density at radius 3 is 2.15 bits per heavy atom. The van der Waals surface area contributed by atoms with Crippen molar-refractivity contribution in [1.82, 2.24) is 4.98 Å². The summed E-state index contributed by atoms with van der Waals surface area (Å²) < 4.78 is 8.46. The third-order valence-corrected chi connectivity index (χ3v) is 12.4. The molecule has 52 heavy (non-hydrogen) atoms. The molecule has 6 heteroatoms. The first kappa shape index (κ1) is 41.4. The molecular weight excluding hydrogens is 839 g/mol. The minimum Gasteiger partial charge on any atom is -0.512 e. The minimum atomic E-state index is -0.337. The Labute approximate surface area is 328 Å². The van der Waals surface area contributed by atoms with Gasteiger partial charge in [0.25, 0.3) is 0 Å². The fourth-order valence-electron chi connectivity index (χ4n) is 6.73. The molecule has 0 aliphatic rings. The number of aromatic nitrogens is 1. The van der Waals surface area contributed by atoms with Crippen molar-refractivity contribution in [1.29, 1.82) is 0 Å². The fourth-order valence-corrected chi connectivity index (χ4v) is 7.95. The normalized spacial score (nSPS) is 12.8. The predicted octanol–water partition coefficient (Wildman–Crippen LogP) is 14.0. The molecule has 279 valence electrons.